The standard InChI is InChI=1S/C30H58O3/c1-4-5-6-7-11-16-21-27(2)28(3)22-17-12-8-9-15-20-25-32-30(31)24-19-14-10-13-18-23-29-26-33-29/h27-29H,4-26H2,1-3H3. The lowest BCUT2D eigenvalue weighted by molar-refractivity contribution is -0.143. The van der Waals surface area contributed by atoms with Crippen molar-refractivity contribution in [3.05, 3.63) is 0 Å². The molecule has 1 rings (SSSR count). The molecule has 1 aliphatic heterocycles. The van der Waals surface area contributed by atoms with Crippen molar-refractivity contribution in [3.63, 3.8) is 0 Å². The summed E-state index contributed by atoms with van der Waals surface area (Å²) in [7, 11) is 0. The van der Waals surface area contributed by atoms with E-state index in [0.717, 1.165) is 37.7 Å². The van der Waals surface area contributed by atoms with E-state index in [2.05, 4.69) is 20.8 Å². The molecule has 0 aliphatic carbocycles. The smallest absolute Gasteiger partial charge is 0.305 e. The minimum Gasteiger partial charge on any atom is -0.466 e. The molecule has 1 heterocycles. The molecule has 0 aromatic heterocycles. The molecule has 0 aromatic carbocycles. The SMILES string of the molecule is CCCCCCCCC(C)C(C)CCCCCCCCOC(=O)CCCCCCCC1CO1. The summed E-state index contributed by atoms with van der Waals surface area (Å²) >= 11 is 0. The lowest BCUT2D eigenvalue weighted by Gasteiger charge is -2.19. The molecule has 3 nitrogen and oxygen atoms in total. The Hall–Kier alpha value is -0.570. The van der Waals surface area contributed by atoms with Crippen molar-refractivity contribution in [1.82, 2.24) is 0 Å². The second-order valence-electron chi connectivity index (χ2n) is 10.9. The number of rotatable bonds is 25. The molecule has 3 unspecified atom stereocenters. The molecule has 0 spiro atoms. The lowest BCUT2D eigenvalue weighted by atomic mass is 9.86. The third-order valence-electron chi connectivity index (χ3n) is 7.61. The summed E-state index contributed by atoms with van der Waals surface area (Å²) in [6, 6.07) is 0. The van der Waals surface area contributed by atoms with Crippen molar-refractivity contribution in [3.8, 4) is 0 Å². The van der Waals surface area contributed by atoms with Crippen LogP contribution in [0.2, 0.25) is 0 Å². The first-order chi connectivity index (χ1) is 16.1. The third kappa shape index (κ3) is 20.5. The van der Waals surface area contributed by atoms with Crippen LogP contribution < -0.4 is 0 Å². The largest absolute Gasteiger partial charge is 0.466 e. The fourth-order valence-corrected chi connectivity index (χ4v) is 4.76. The summed E-state index contributed by atoms with van der Waals surface area (Å²) in [4.78, 5) is 11.8. The highest BCUT2D eigenvalue weighted by Crippen LogP contribution is 2.24. The van der Waals surface area contributed by atoms with Gasteiger partial charge in [-0.2, -0.15) is 0 Å². The van der Waals surface area contributed by atoms with E-state index < -0.39 is 0 Å². The van der Waals surface area contributed by atoms with E-state index in [9.17, 15) is 4.79 Å². The van der Waals surface area contributed by atoms with Gasteiger partial charge in [-0.1, -0.05) is 130 Å². The molecule has 3 heteroatoms. The highest BCUT2D eigenvalue weighted by molar-refractivity contribution is 5.69. The van der Waals surface area contributed by atoms with Crippen LogP contribution in [0.5, 0.6) is 0 Å². The number of hydrogen-bond acceptors (Lipinski definition) is 3. The Morgan fingerprint density at radius 2 is 1.21 bits per heavy atom. The van der Waals surface area contributed by atoms with Crippen LogP contribution in [-0.2, 0) is 14.3 Å². The Labute approximate surface area is 207 Å². The van der Waals surface area contributed by atoms with Crippen LogP contribution >= 0.6 is 0 Å². The Kier molecular flexibility index (Phi) is 20.2. The van der Waals surface area contributed by atoms with E-state index in [4.69, 9.17) is 9.47 Å². The average Bonchev–Trinajstić information content (AvgIpc) is 3.63. The fraction of sp³-hybridized carbons (Fsp3) is 0.967. The number of carbonyl (C=O) groups excluding carboxylic acids is 1. The summed E-state index contributed by atoms with van der Waals surface area (Å²) in [5.41, 5.74) is 0. The maximum atomic E-state index is 11.8. The number of epoxide rings is 1. The predicted octanol–water partition coefficient (Wildman–Crippen LogP) is 9.41. The van der Waals surface area contributed by atoms with Crippen LogP contribution in [0.15, 0.2) is 0 Å². The zero-order valence-electron chi connectivity index (χ0n) is 22.7. The van der Waals surface area contributed by atoms with E-state index in [1.54, 1.807) is 0 Å². The van der Waals surface area contributed by atoms with E-state index in [-0.39, 0.29) is 5.97 Å². The summed E-state index contributed by atoms with van der Waals surface area (Å²) in [5.74, 6) is 1.76. The second kappa shape index (κ2) is 21.9. The monoisotopic (exact) mass is 466 g/mol. The van der Waals surface area contributed by atoms with Gasteiger partial charge in [-0.15, -0.1) is 0 Å². The average molecular weight is 467 g/mol. The van der Waals surface area contributed by atoms with Gasteiger partial charge in [-0.05, 0) is 31.1 Å². The van der Waals surface area contributed by atoms with E-state index in [1.807, 2.05) is 0 Å². The highest BCUT2D eigenvalue weighted by Gasteiger charge is 2.20. The summed E-state index contributed by atoms with van der Waals surface area (Å²) < 4.78 is 10.6. The third-order valence-corrected chi connectivity index (χ3v) is 7.61. The maximum Gasteiger partial charge on any atom is 0.305 e. The van der Waals surface area contributed by atoms with Crippen molar-refractivity contribution >= 4 is 5.97 Å². The fourth-order valence-electron chi connectivity index (χ4n) is 4.76. The highest BCUT2D eigenvalue weighted by atomic mass is 16.6. The van der Waals surface area contributed by atoms with Crippen molar-refractivity contribution in [2.75, 3.05) is 13.2 Å². The van der Waals surface area contributed by atoms with Crippen molar-refractivity contribution in [2.24, 2.45) is 11.8 Å². The molecule has 1 fully saturated rings. The van der Waals surface area contributed by atoms with Crippen molar-refractivity contribution in [1.29, 1.82) is 0 Å². The van der Waals surface area contributed by atoms with E-state index in [0.29, 0.717) is 19.1 Å². The minimum absolute atomic E-state index is 0.00504. The topological polar surface area (TPSA) is 38.8 Å². The maximum absolute atomic E-state index is 11.8. The van der Waals surface area contributed by atoms with Gasteiger partial charge in [0.1, 0.15) is 0 Å². The van der Waals surface area contributed by atoms with Gasteiger partial charge in [0.2, 0.25) is 0 Å². The number of esters is 1. The van der Waals surface area contributed by atoms with Crippen LogP contribution in [0.3, 0.4) is 0 Å². The van der Waals surface area contributed by atoms with Crippen LogP contribution in [0.25, 0.3) is 0 Å². The number of carbonyl (C=O) groups is 1. The molecule has 0 radical (unpaired) electrons. The van der Waals surface area contributed by atoms with Gasteiger partial charge in [0, 0.05) is 6.42 Å². The number of ether oxygens (including phenoxy) is 2. The number of hydrogen-bond donors (Lipinski definition) is 0. The van der Waals surface area contributed by atoms with Gasteiger partial charge in [-0.3, -0.25) is 4.79 Å². The van der Waals surface area contributed by atoms with Gasteiger partial charge >= 0.3 is 5.97 Å². The summed E-state index contributed by atoms with van der Waals surface area (Å²) in [6.45, 7) is 8.81. The zero-order chi connectivity index (χ0) is 24.0. The molecule has 0 bridgehead atoms. The molecule has 196 valence electrons. The summed E-state index contributed by atoms with van der Waals surface area (Å²) in [5, 5.41) is 0. The first kappa shape index (κ1) is 30.5. The number of unbranched alkanes of at least 4 members (excludes halogenated alkanes) is 14. The van der Waals surface area contributed by atoms with Gasteiger partial charge in [0.15, 0.2) is 0 Å². The molecule has 0 aromatic rings. The lowest BCUT2D eigenvalue weighted by Crippen LogP contribution is -2.08. The van der Waals surface area contributed by atoms with Crippen molar-refractivity contribution < 1.29 is 14.3 Å². The quantitative estimate of drug-likeness (QED) is 0.0764. The van der Waals surface area contributed by atoms with E-state index in [1.165, 1.54) is 109 Å². The zero-order valence-corrected chi connectivity index (χ0v) is 22.7. The summed E-state index contributed by atoms with van der Waals surface area (Å²) in [6.07, 6.45) is 27.2. The van der Waals surface area contributed by atoms with Crippen LogP contribution in [0.4, 0.5) is 0 Å². The van der Waals surface area contributed by atoms with Crippen molar-refractivity contribution in [2.45, 2.75) is 162 Å². The van der Waals surface area contributed by atoms with Gasteiger partial charge in [0.25, 0.3) is 0 Å². The first-order valence-corrected chi connectivity index (χ1v) is 14.9. The Bertz CT molecular complexity index is 432. The molecular formula is C30H58O3. The Morgan fingerprint density at radius 3 is 1.79 bits per heavy atom. The van der Waals surface area contributed by atoms with Crippen LogP contribution in [0, 0.1) is 11.8 Å². The van der Waals surface area contributed by atoms with Gasteiger partial charge in [0.05, 0.1) is 19.3 Å². The van der Waals surface area contributed by atoms with Crippen LogP contribution in [0.1, 0.15) is 156 Å². The predicted molar refractivity (Wildman–Crippen MR) is 142 cm³/mol. The van der Waals surface area contributed by atoms with Gasteiger partial charge < -0.3 is 9.47 Å². The molecule has 0 N–H and O–H groups in total. The first-order valence-electron chi connectivity index (χ1n) is 14.9. The molecule has 1 saturated heterocycles. The molecule has 0 amide bonds. The second-order valence-corrected chi connectivity index (χ2v) is 10.9. The molecule has 33 heavy (non-hydrogen) atoms. The molecular weight excluding hydrogens is 408 g/mol. The van der Waals surface area contributed by atoms with Crippen LogP contribution in [-0.4, -0.2) is 25.3 Å². The molecule has 1 aliphatic rings. The van der Waals surface area contributed by atoms with Gasteiger partial charge in [-0.25, -0.2) is 0 Å². The molecule has 0 saturated carbocycles. The Balaban J connectivity index is 1.77. The van der Waals surface area contributed by atoms with E-state index >= 15 is 0 Å². The Morgan fingerprint density at radius 1 is 0.727 bits per heavy atom. The normalized spacial score (nSPS) is 17.1. The molecule has 3 atom stereocenters. The minimum atomic E-state index is 0.00504.